The molecular weight excluding hydrogens is 240 g/mol. The largest absolute Gasteiger partial charge is 0.465 e. The molecule has 0 aromatic heterocycles. The summed E-state index contributed by atoms with van der Waals surface area (Å²) in [5.41, 5.74) is 7.82. The Hall–Kier alpha value is -1.39. The topological polar surface area (TPSA) is 52.3 Å². The molecule has 1 aliphatic rings. The van der Waals surface area contributed by atoms with Crippen LogP contribution in [0.3, 0.4) is 0 Å². The summed E-state index contributed by atoms with van der Waals surface area (Å²) < 4.78 is 5.73. The minimum atomic E-state index is -0.282. The Kier molecular flexibility index (Phi) is 4.22. The lowest BCUT2D eigenvalue weighted by Crippen LogP contribution is -2.51. The van der Waals surface area contributed by atoms with E-state index in [0.29, 0.717) is 11.6 Å². The summed E-state index contributed by atoms with van der Waals surface area (Å²) >= 11 is 0. The number of ether oxygens (including phenoxy) is 1. The van der Waals surface area contributed by atoms with Crippen molar-refractivity contribution in [3.63, 3.8) is 0 Å². The molecule has 4 nitrogen and oxygen atoms in total. The van der Waals surface area contributed by atoms with Crippen LogP contribution in [0.25, 0.3) is 0 Å². The maximum atomic E-state index is 11.4. The van der Waals surface area contributed by atoms with Crippen molar-refractivity contribution in [3.8, 4) is 0 Å². The van der Waals surface area contributed by atoms with Gasteiger partial charge in [0.2, 0.25) is 0 Å². The van der Waals surface area contributed by atoms with E-state index >= 15 is 0 Å². The second kappa shape index (κ2) is 5.72. The van der Waals surface area contributed by atoms with E-state index < -0.39 is 0 Å². The zero-order valence-electron chi connectivity index (χ0n) is 11.8. The molecule has 1 saturated heterocycles. The molecule has 2 rings (SSSR count). The van der Waals surface area contributed by atoms with Crippen LogP contribution in [0.1, 0.15) is 28.8 Å². The number of esters is 1. The van der Waals surface area contributed by atoms with Gasteiger partial charge in [-0.1, -0.05) is 12.1 Å². The summed E-state index contributed by atoms with van der Waals surface area (Å²) in [5.74, 6) is -0.282. The molecule has 0 spiro atoms. The van der Waals surface area contributed by atoms with Gasteiger partial charge in [0.25, 0.3) is 0 Å². The molecule has 2 N–H and O–H groups in total. The maximum absolute atomic E-state index is 11.4. The van der Waals surface area contributed by atoms with Crippen LogP contribution in [-0.2, 0) is 11.3 Å². The normalized spacial score (nSPS) is 27.0. The lowest BCUT2D eigenvalue weighted by molar-refractivity contribution is -0.927. The third kappa shape index (κ3) is 3.55. The number of hydrogen-bond acceptors (Lipinski definition) is 3. The smallest absolute Gasteiger partial charge is 0.337 e. The molecule has 1 aromatic rings. The molecule has 1 aromatic carbocycles. The van der Waals surface area contributed by atoms with Crippen LogP contribution in [-0.4, -0.2) is 43.7 Å². The Morgan fingerprint density at radius 3 is 2.42 bits per heavy atom. The summed E-state index contributed by atoms with van der Waals surface area (Å²) in [6.45, 7) is 3.24. The van der Waals surface area contributed by atoms with Crippen molar-refractivity contribution in [1.82, 2.24) is 0 Å². The van der Waals surface area contributed by atoms with Crippen molar-refractivity contribution < 1.29 is 14.0 Å². The second-order valence-electron chi connectivity index (χ2n) is 5.75. The van der Waals surface area contributed by atoms with Crippen LogP contribution in [0.4, 0.5) is 0 Å². The monoisotopic (exact) mass is 263 g/mol. The number of carbonyl (C=O) groups is 1. The number of likely N-dealkylation sites (tertiary alicyclic amines) is 1. The molecule has 0 amide bonds. The molecule has 0 aliphatic carbocycles. The summed E-state index contributed by atoms with van der Waals surface area (Å²) in [4.78, 5) is 11.4. The fourth-order valence-corrected chi connectivity index (χ4v) is 2.67. The van der Waals surface area contributed by atoms with E-state index in [1.165, 1.54) is 12.7 Å². The number of benzene rings is 1. The van der Waals surface area contributed by atoms with Gasteiger partial charge in [0.15, 0.2) is 0 Å². The molecule has 104 valence electrons. The average Bonchev–Trinajstić information content (AvgIpc) is 2.42. The van der Waals surface area contributed by atoms with Crippen molar-refractivity contribution in [2.75, 3.05) is 27.2 Å². The van der Waals surface area contributed by atoms with Gasteiger partial charge >= 0.3 is 5.97 Å². The van der Waals surface area contributed by atoms with E-state index in [2.05, 4.69) is 7.05 Å². The first-order valence-electron chi connectivity index (χ1n) is 6.79. The van der Waals surface area contributed by atoms with Crippen molar-refractivity contribution in [3.05, 3.63) is 35.4 Å². The fourth-order valence-electron chi connectivity index (χ4n) is 2.67. The lowest BCUT2D eigenvalue weighted by atomic mass is 10.0. The SMILES string of the molecule is COC(=O)c1ccc(C[N+]2(C)CCC(N)CC2)cc1. The molecule has 1 heterocycles. The van der Waals surface area contributed by atoms with Crippen LogP contribution in [0.5, 0.6) is 0 Å². The Labute approximate surface area is 114 Å². The number of piperidine rings is 1. The van der Waals surface area contributed by atoms with Gasteiger partial charge in [-0.3, -0.25) is 0 Å². The van der Waals surface area contributed by atoms with Gasteiger partial charge in [0.1, 0.15) is 6.54 Å². The van der Waals surface area contributed by atoms with E-state index in [-0.39, 0.29) is 5.97 Å². The number of hydrogen-bond donors (Lipinski definition) is 1. The highest BCUT2D eigenvalue weighted by Crippen LogP contribution is 2.20. The molecule has 4 heteroatoms. The van der Waals surface area contributed by atoms with Gasteiger partial charge in [-0.2, -0.15) is 0 Å². The highest BCUT2D eigenvalue weighted by atomic mass is 16.5. The average molecular weight is 263 g/mol. The predicted octanol–water partition coefficient (Wildman–Crippen LogP) is 1.54. The van der Waals surface area contributed by atoms with E-state index in [1.807, 2.05) is 24.3 Å². The van der Waals surface area contributed by atoms with Crippen LogP contribution < -0.4 is 5.73 Å². The number of nitrogens with zero attached hydrogens (tertiary/aromatic N) is 1. The van der Waals surface area contributed by atoms with Crippen molar-refractivity contribution in [1.29, 1.82) is 0 Å². The van der Waals surface area contributed by atoms with Crippen LogP contribution in [0.2, 0.25) is 0 Å². The number of quaternary nitrogens is 1. The zero-order chi connectivity index (χ0) is 13.9. The van der Waals surface area contributed by atoms with Crippen LogP contribution in [0.15, 0.2) is 24.3 Å². The first kappa shape index (κ1) is 14.0. The van der Waals surface area contributed by atoms with E-state index in [4.69, 9.17) is 10.5 Å². The Bertz CT molecular complexity index is 434. The molecule has 0 radical (unpaired) electrons. The standard InChI is InChI=1S/C15H23N2O2/c1-17(9-7-14(16)8-10-17)11-12-3-5-13(6-4-12)15(18)19-2/h3-6,14H,7-11,16H2,1-2H3/q+1. The summed E-state index contributed by atoms with van der Waals surface area (Å²) in [6.07, 6.45) is 2.19. The zero-order valence-corrected chi connectivity index (χ0v) is 11.8. The Balaban J connectivity index is 2.01. The first-order chi connectivity index (χ1) is 9.02. The molecule has 1 fully saturated rings. The molecule has 19 heavy (non-hydrogen) atoms. The molecule has 0 saturated carbocycles. The van der Waals surface area contributed by atoms with Crippen molar-refractivity contribution in [2.45, 2.75) is 25.4 Å². The third-order valence-electron chi connectivity index (χ3n) is 4.02. The molecule has 1 aliphatic heterocycles. The van der Waals surface area contributed by atoms with Gasteiger partial charge in [-0.15, -0.1) is 0 Å². The van der Waals surface area contributed by atoms with Gasteiger partial charge < -0.3 is 15.0 Å². The molecular formula is C15H23N2O2+. The van der Waals surface area contributed by atoms with E-state index in [1.54, 1.807) is 0 Å². The Morgan fingerprint density at radius 2 is 1.89 bits per heavy atom. The minimum absolute atomic E-state index is 0.282. The quantitative estimate of drug-likeness (QED) is 0.665. The van der Waals surface area contributed by atoms with Gasteiger partial charge in [0, 0.05) is 24.4 Å². The molecule has 0 unspecified atom stereocenters. The highest BCUT2D eigenvalue weighted by molar-refractivity contribution is 5.89. The van der Waals surface area contributed by atoms with Gasteiger partial charge in [-0.25, -0.2) is 4.79 Å². The van der Waals surface area contributed by atoms with E-state index in [9.17, 15) is 4.79 Å². The summed E-state index contributed by atoms with van der Waals surface area (Å²) in [5, 5.41) is 0. The van der Waals surface area contributed by atoms with Crippen LogP contribution in [0, 0.1) is 0 Å². The lowest BCUT2D eigenvalue weighted by Gasteiger charge is -2.39. The van der Waals surface area contributed by atoms with Crippen molar-refractivity contribution >= 4 is 5.97 Å². The predicted molar refractivity (Wildman–Crippen MR) is 74.6 cm³/mol. The molecule has 0 bridgehead atoms. The number of nitrogens with two attached hydrogens (primary N) is 1. The van der Waals surface area contributed by atoms with Gasteiger partial charge in [-0.05, 0) is 12.1 Å². The highest BCUT2D eigenvalue weighted by Gasteiger charge is 2.28. The van der Waals surface area contributed by atoms with Gasteiger partial charge in [0.05, 0.1) is 32.8 Å². The summed E-state index contributed by atoms with van der Waals surface area (Å²) in [6, 6.07) is 8.08. The number of carbonyl (C=O) groups excluding carboxylic acids is 1. The third-order valence-corrected chi connectivity index (χ3v) is 4.02. The second-order valence-corrected chi connectivity index (χ2v) is 5.75. The Morgan fingerprint density at radius 1 is 1.32 bits per heavy atom. The summed E-state index contributed by atoms with van der Waals surface area (Å²) in [7, 11) is 3.68. The van der Waals surface area contributed by atoms with E-state index in [0.717, 1.165) is 37.0 Å². The molecule has 0 atom stereocenters. The first-order valence-corrected chi connectivity index (χ1v) is 6.79. The van der Waals surface area contributed by atoms with Crippen molar-refractivity contribution in [2.24, 2.45) is 5.73 Å². The van der Waals surface area contributed by atoms with Crippen LogP contribution >= 0.6 is 0 Å². The fraction of sp³-hybridized carbons (Fsp3) is 0.533. The minimum Gasteiger partial charge on any atom is -0.465 e. The number of rotatable bonds is 3. The number of methoxy groups -OCH3 is 1. The maximum Gasteiger partial charge on any atom is 0.337 e.